The van der Waals surface area contributed by atoms with Crippen LogP contribution in [0.1, 0.15) is 34.9 Å². The quantitative estimate of drug-likeness (QED) is 0.324. The number of halogens is 1. The van der Waals surface area contributed by atoms with Crippen LogP contribution < -0.4 is 0 Å². The highest BCUT2D eigenvalue weighted by molar-refractivity contribution is 9.10. The van der Waals surface area contributed by atoms with Crippen LogP contribution in [-0.2, 0) is 24.3 Å². The van der Waals surface area contributed by atoms with E-state index in [0.717, 1.165) is 46.6 Å². The van der Waals surface area contributed by atoms with Crippen LogP contribution in [0.15, 0.2) is 46.9 Å². The van der Waals surface area contributed by atoms with Crippen LogP contribution in [0.2, 0.25) is 25.7 Å². The molecule has 1 N–H and O–H groups in total. The predicted molar refractivity (Wildman–Crippen MR) is 126 cm³/mol. The van der Waals surface area contributed by atoms with Gasteiger partial charge in [-0.1, -0.05) is 72.0 Å². The first-order valence-electron chi connectivity index (χ1n) is 10.5. The van der Waals surface area contributed by atoms with Crippen molar-refractivity contribution in [1.82, 2.24) is 4.57 Å². The van der Waals surface area contributed by atoms with Gasteiger partial charge in [-0.15, -0.1) is 0 Å². The molecule has 2 aromatic carbocycles. The first-order chi connectivity index (χ1) is 13.9. The third kappa shape index (κ3) is 4.24. The smallest absolute Gasteiger partial charge is 0.123 e. The van der Waals surface area contributed by atoms with Crippen LogP contribution in [0.25, 0.3) is 10.9 Å². The van der Waals surface area contributed by atoms with Gasteiger partial charge in [0.05, 0.1) is 5.52 Å². The average molecular weight is 472 g/mol. The van der Waals surface area contributed by atoms with E-state index in [1.165, 1.54) is 23.1 Å². The van der Waals surface area contributed by atoms with E-state index < -0.39 is 14.2 Å². The van der Waals surface area contributed by atoms with Crippen LogP contribution in [0, 0.1) is 0 Å². The van der Waals surface area contributed by atoms with Crippen molar-refractivity contribution in [3.63, 3.8) is 0 Å². The molecule has 0 radical (unpaired) electrons. The number of aryl methyl sites for hydroxylation is 1. The molecule has 1 unspecified atom stereocenters. The normalized spacial score (nSPS) is 15.1. The highest BCUT2D eigenvalue weighted by Crippen LogP contribution is 2.41. The van der Waals surface area contributed by atoms with Gasteiger partial charge in [0.25, 0.3) is 0 Å². The summed E-state index contributed by atoms with van der Waals surface area (Å²) in [5.41, 5.74) is 5.79. The number of benzene rings is 2. The van der Waals surface area contributed by atoms with Crippen LogP contribution in [0.3, 0.4) is 0 Å². The molecule has 0 amide bonds. The van der Waals surface area contributed by atoms with Gasteiger partial charge in [0.1, 0.15) is 12.8 Å². The van der Waals surface area contributed by atoms with Crippen molar-refractivity contribution in [1.29, 1.82) is 0 Å². The zero-order valence-corrected chi connectivity index (χ0v) is 20.1. The van der Waals surface area contributed by atoms with Crippen LogP contribution >= 0.6 is 15.9 Å². The Balaban J connectivity index is 1.76. The lowest BCUT2D eigenvalue weighted by atomic mass is 9.98. The van der Waals surface area contributed by atoms with Crippen molar-refractivity contribution >= 4 is 34.9 Å². The van der Waals surface area contributed by atoms with Crippen molar-refractivity contribution in [2.24, 2.45) is 0 Å². The number of nitrogens with zero attached hydrogens (tertiary/aromatic N) is 1. The summed E-state index contributed by atoms with van der Waals surface area (Å²) < 4.78 is 9.60. The molecular weight excluding hydrogens is 442 g/mol. The van der Waals surface area contributed by atoms with Gasteiger partial charge in [0.15, 0.2) is 0 Å². The van der Waals surface area contributed by atoms with E-state index in [-0.39, 0.29) is 0 Å². The Morgan fingerprint density at radius 1 is 1.10 bits per heavy atom. The Kier molecular flexibility index (Phi) is 6.03. The predicted octanol–water partition coefficient (Wildman–Crippen LogP) is 6.29. The maximum absolute atomic E-state index is 11.2. The monoisotopic (exact) mass is 471 g/mol. The van der Waals surface area contributed by atoms with Crippen molar-refractivity contribution < 1.29 is 9.84 Å². The van der Waals surface area contributed by atoms with E-state index in [1.54, 1.807) is 0 Å². The number of aliphatic hydroxyl groups is 1. The fourth-order valence-electron chi connectivity index (χ4n) is 4.30. The maximum atomic E-state index is 11.2. The van der Waals surface area contributed by atoms with Crippen molar-refractivity contribution in [3.8, 4) is 0 Å². The Morgan fingerprint density at radius 2 is 1.86 bits per heavy atom. The molecule has 5 heteroatoms. The molecule has 0 spiro atoms. The number of hydrogen-bond acceptors (Lipinski definition) is 2. The standard InChI is InChI=1S/C24H30BrNO2Si/c1-29(2,3)15-14-28-16-26-21-11-7-10-18(21)22-20(25)13-12-19(23(22)26)24(27)17-8-5-4-6-9-17/h4-6,8-9,12-13,24,27H,7,10-11,14-16H2,1-3H3. The largest absolute Gasteiger partial charge is 0.384 e. The fourth-order valence-corrected chi connectivity index (χ4v) is 5.62. The zero-order valence-electron chi connectivity index (χ0n) is 17.5. The first-order valence-corrected chi connectivity index (χ1v) is 15.0. The van der Waals surface area contributed by atoms with Crippen LogP contribution in [0.5, 0.6) is 0 Å². The molecule has 29 heavy (non-hydrogen) atoms. The summed E-state index contributed by atoms with van der Waals surface area (Å²) in [6.07, 6.45) is 2.71. The van der Waals surface area contributed by atoms with Gasteiger partial charge in [-0.25, -0.2) is 0 Å². The maximum Gasteiger partial charge on any atom is 0.123 e. The van der Waals surface area contributed by atoms with E-state index in [2.05, 4.69) is 52.3 Å². The number of aromatic nitrogens is 1. The topological polar surface area (TPSA) is 34.4 Å². The van der Waals surface area contributed by atoms with Crippen molar-refractivity contribution in [2.75, 3.05) is 6.61 Å². The molecule has 1 aromatic heterocycles. The zero-order chi connectivity index (χ0) is 20.6. The molecule has 0 saturated carbocycles. The van der Waals surface area contributed by atoms with E-state index in [0.29, 0.717) is 6.73 Å². The second-order valence-electron chi connectivity index (χ2n) is 9.23. The second-order valence-corrected chi connectivity index (χ2v) is 15.7. The number of ether oxygens (including phenoxy) is 1. The van der Waals surface area contributed by atoms with E-state index >= 15 is 0 Å². The summed E-state index contributed by atoms with van der Waals surface area (Å²) in [7, 11) is -1.12. The lowest BCUT2D eigenvalue weighted by Crippen LogP contribution is -2.22. The molecule has 3 aromatic rings. The average Bonchev–Trinajstić information content (AvgIpc) is 3.27. The van der Waals surface area contributed by atoms with Gasteiger partial charge < -0.3 is 14.4 Å². The Bertz CT molecular complexity index is 1010. The van der Waals surface area contributed by atoms with Crippen LogP contribution in [0.4, 0.5) is 0 Å². The fraction of sp³-hybridized carbons (Fsp3) is 0.417. The van der Waals surface area contributed by atoms with Gasteiger partial charge in [-0.2, -0.15) is 0 Å². The number of hydrogen-bond donors (Lipinski definition) is 1. The minimum atomic E-state index is -1.12. The SMILES string of the molecule is C[Si](C)(C)CCOCn1c2c(c3c(Br)ccc(C(O)c4ccccc4)c31)CCC2. The number of rotatable bonds is 7. The number of fused-ring (bicyclic) bond motifs is 3. The third-order valence-electron chi connectivity index (χ3n) is 5.87. The Labute approximate surface area is 182 Å². The molecule has 0 fully saturated rings. The lowest BCUT2D eigenvalue weighted by Gasteiger charge is -2.19. The van der Waals surface area contributed by atoms with Crippen molar-refractivity contribution in [2.45, 2.75) is 57.8 Å². The van der Waals surface area contributed by atoms with E-state index in [9.17, 15) is 5.11 Å². The summed E-state index contributed by atoms with van der Waals surface area (Å²) in [5.74, 6) is 0. The molecule has 0 aliphatic heterocycles. The highest BCUT2D eigenvalue weighted by atomic mass is 79.9. The first kappa shape index (κ1) is 20.9. The van der Waals surface area contributed by atoms with E-state index in [4.69, 9.17) is 4.74 Å². The van der Waals surface area contributed by atoms with Gasteiger partial charge in [-0.3, -0.25) is 0 Å². The molecule has 1 aliphatic rings. The van der Waals surface area contributed by atoms with Gasteiger partial charge in [0.2, 0.25) is 0 Å². The number of aliphatic hydroxyl groups excluding tert-OH is 1. The Morgan fingerprint density at radius 3 is 2.59 bits per heavy atom. The molecule has 0 bridgehead atoms. The van der Waals surface area contributed by atoms with Gasteiger partial charge >= 0.3 is 0 Å². The third-order valence-corrected chi connectivity index (χ3v) is 8.24. The highest BCUT2D eigenvalue weighted by Gasteiger charge is 2.27. The molecule has 1 atom stereocenters. The molecule has 4 rings (SSSR count). The molecule has 1 aliphatic carbocycles. The summed E-state index contributed by atoms with van der Waals surface area (Å²) in [5, 5.41) is 12.5. The summed E-state index contributed by atoms with van der Waals surface area (Å²) in [6, 6.07) is 15.2. The molecule has 3 nitrogen and oxygen atoms in total. The van der Waals surface area contributed by atoms with E-state index in [1.807, 2.05) is 30.3 Å². The lowest BCUT2D eigenvalue weighted by molar-refractivity contribution is 0.0883. The summed E-state index contributed by atoms with van der Waals surface area (Å²) >= 11 is 3.78. The van der Waals surface area contributed by atoms with Crippen LogP contribution in [-0.4, -0.2) is 24.4 Å². The molecule has 0 saturated heterocycles. The van der Waals surface area contributed by atoms with Gasteiger partial charge in [0, 0.05) is 35.8 Å². The minimum Gasteiger partial charge on any atom is -0.384 e. The molecule has 154 valence electrons. The second kappa shape index (κ2) is 8.38. The Hall–Kier alpha value is -1.40. The molecule has 1 heterocycles. The summed E-state index contributed by atoms with van der Waals surface area (Å²) in [4.78, 5) is 0. The van der Waals surface area contributed by atoms with Crippen molar-refractivity contribution in [3.05, 3.63) is 69.3 Å². The summed E-state index contributed by atoms with van der Waals surface area (Å²) in [6.45, 7) is 8.50. The van der Waals surface area contributed by atoms with Gasteiger partial charge in [-0.05, 0) is 42.5 Å². The molecular formula is C24H30BrNO2Si. The minimum absolute atomic E-state index is 0.557.